The number of carbonyl (C=O) groups is 2. The van der Waals surface area contributed by atoms with Crippen LogP contribution < -0.4 is 4.90 Å². The van der Waals surface area contributed by atoms with E-state index in [1.807, 2.05) is 43.0 Å². The van der Waals surface area contributed by atoms with Crippen molar-refractivity contribution in [2.24, 2.45) is 0 Å². The molecule has 0 atom stereocenters. The van der Waals surface area contributed by atoms with Crippen LogP contribution in [0.2, 0.25) is 0 Å². The molecular formula is C26H25FN2O2. The number of aryl methyl sites for hydroxylation is 2. The summed E-state index contributed by atoms with van der Waals surface area (Å²) in [6.45, 7) is 5.87. The minimum atomic E-state index is -0.258. The standard InChI is InChI=1S/C26H25FN2O2/c1-18-11-12-19(2)22(17-18)25(30)20-7-3-4-8-21(20)26(31)29-15-13-28(14-16-29)24-10-6-5-9-23(24)27/h3-12,17H,13-16H2,1-2H3. The number of piperazine rings is 1. The zero-order chi connectivity index (χ0) is 22.0. The fourth-order valence-corrected chi connectivity index (χ4v) is 4.02. The SMILES string of the molecule is Cc1ccc(C)c(C(=O)c2ccccc2C(=O)N2CCN(c3ccccc3F)CC2)c1. The van der Waals surface area contributed by atoms with Crippen molar-refractivity contribution < 1.29 is 14.0 Å². The highest BCUT2D eigenvalue weighted by Gasteiger charge is 2.27. The molecule has 0 radical (unpaired) electrons. The first-order chi connectivity index (χ1) is 15.0. The van der Waals surface area contributed by atoms with Crippen molar-refractivity contribution in [1.29, 1.82) is 0 Å². The van der Waals surface area contributed by atoms with Crippen LogP contribution in [0.4, 0.5) is 10.1 Å². The van der Waals surface area contributed by atoms with Crippen molar-refractivity contribution in [3.8, 4) is 0 Å². The lowest BCUT2D eigenvalue weighted by Crippen LogP contribution is -2.49. The van der Waals surface area contributed by atoms with Crippen LogP contribution in [0.1, 0.15) is 37.4 Å². The number of nitrogens with zero attached hydrogens (tertiary/aromatic N) is 2. The van der Waals surface area contributed by atoms with E-state index in [1.165, 1.54) is 6.07 Å². The van der Waals surface area contributed by atoms with Gasteiger partial charge < -0.3 is 9.80 Å². The second-order valence-electron chi connectivity index (χ2n) is 7.92. The lowest BCUT2D eigenvalue weighted by atomic mass is 9.94. The van der Waals surface area contributed by atoms with E-state index in [0.717, 1.165) is 11.1 Å². The molecule has 0 bridgehead atoms. The molecule has 5 heteroatoms. The molecule has 1 saturated heterocycles. The molecule has 0 N–H and O–H groups in total. The monoisotopic (exact) mass is 416 g/mol. The van der Waals surface area contributed by atoms with Crippen LogP contribution in [0.3, 0.4) is 0 Å². The number of hydrogen-bond donors (Lipinski definition) is 0. The Labute approximate surface area is 181 Å². The summed E-state index contributed by atoms with van der Waals surface area (Å²) in [6.07, 6.45) is 0. The average Bonchev–Trinajstić information content (AvgIpc) is 2.80. The van der Waals surface area contributed by atoms with E-state index in [2.05, 4.69) is 0 Å². The van der Waals surface area contributed by atoms with Crippen LogP contribution in [-0.4, -0.2) is 42.8 Å². The summed E-state index contributed by atoms with van der Waals surface area (Å²) in [4.78, 5) is 30.3. The van der Waals surface area contributed by atoms with Gasteiger partial charge in [-0.15, -0.1) is 0 Å². The largest absolute Gasteiger partial charge is 0.366 e. The quantitative estimate of drug-likeness (QED) is 0.582. The Balaban J connectivity index is 1.55. The van der Waals surface area contributed by atoms with Gasteiger partial charge in [-0.1, -0.05) is 48.0 Å². The molecule has 1 aliphatic rings. The third kappa shape index (κ3) is 4.22. The zero-order valence-electron chi connectivity index (χ0n) is 17.8. The van der Waals surface area contributed by atoms with Crippen molar-refractivity contribution >= 4 is 17.4 Å². The van der Waals surface area contributed by atoms with Crippen LogP contribution in [-0.2, 0) is 0 Å². The van der Waals surface area contributed by atoms with Crippen molar-refractivity contribution in [2.75, 3.05) is 31.1 Å². The Morgan fingerprint density at radius 2 is 1.42 bits per heavy atom. The van der Waals surface area contributed by atoms with Gasteiger partial charge in [-0.3, -0.25) is 9.59 Å². The lowest BCUT2D eigenvalue weighted by Gasteiger charge is -2.36. The third-order valence-electron chi connectivity index (χ3n) is 5.80. The normalized spacial score (nSPS) is 13.9. The van der Waals surface area contributed by atoms with Gasteiger partial charge in [-0.2, -0.15) is 0 Å². The second kappa shape index (κ2) is 8.72. The number of ketones is 1. The Kier molecular flexibility index (Phi) is 5.85. The van der Waals surface area contributed by atoms with E-state index in [1.54, 1.807) is 41.3 Å². The maximum Gasteiger partial charge on any atom is 0.254 e. The third-order valence-corrected chi connectivity index (χ3v) is 5.80. The van der Waals surface area contributed by atoms with Crippen LogP contribution in [0, 0.1) is 19.7 Å². The van der Waals surface area contributed by atoms with E-state index in [-0.39, 0.29) is 17.5 Å². The Bertz CT molecular complexity index is 1130. The molecule has 1 fully saturated rings. The number of para-hydroxylation sites is 1. The molecule has 4 rings (SSSR count). The van der Waals surface area contributed by atoms with Crippen molar-refractivity contribution in [3.05, 3.63) is 100 Å². The Morgan fingerprint density at radius 3 is 2.13 bits per heavy atom. The topological polar surface area (TPSA) is 40.6 Å². The van der Waals surface area contributed by atoms with Gasteiger partial charge in [-0.25, -0.2) is 4.39 Å². The number of rotatable bonds is 4. The zero-order valence-corrected chi connectivity index (χ0v) is 17.8. The fraction of sp³-hybridized carbons (Fsp3) is 0.231. The Morgan fingerprint density at radius 1 is 0.774 bits per heavy atom. The molecule has 3 aromatic rings. The van der Waals surface area contributed by atoms with Crippen LogP contribution in [0.25, 0.3) is 0 Å². The first-order valence-corrected chi connectivity index (χ1v) is 10.5. The molecule has 158 valence electrons. The molecule has 0 spiro atoms. The second-order valence-corrected chi connectivity index (χ2v) is 7.92. The number of hydrogen-bond acceptors (Lipinski definition) is 3. The minimum absolute atomic E-state index is 0.143. The fourth-order valence-electron chi connectivity index (χ4n) is 4.02. The summed E-state index contributed by atoms with van der Waals surface area (Å²) in [5.41, 5.74) is 3.88. The highest BCUT2D eigenvalue weighted by molar-refractivity contribution is 6.16. The molecule has 1 heterocycles. The summed E-state index contributed by atoms with van der Waals surface area (Å²) in [5.74, 6) is -0.565. The summed E-state index contributed by atoms with van der Waals surface area (Å²) < 4.78 is 14.1. The molecule has 31 heavy (non-hydrogen) atoms. The molecule has 0 unspecified atom stereocenters. The van der Waals surface area contributed by atoms with E-state index >= 15 is 0 Å². The van der Waals surface area contributed by atoms with Gasteiger partial charge in [0.25, 0.3) is 5.91 Å². The summed E-state index contributed by atoms with van der Waals surface area (Å²) >= 11 is 0. The molecule has 0 aromatic heterocycles. The van der Waals surface area contributed by atoms with Gasteiger partial charge in [0, 0.05) is 37.3 Å². The molecule has 0 aliphatic carbocycles. The maximum atomic E-state index is 14.1. The van der Waals surface area contributed by atoms with E-state index in [9.17, 15) is 14.0 Å². The van der Waals surface area contributed by atoms with Gasteiger partial charge in [-0.05, 0) is 43.7 Å². The first-order valence-electron chi connectivity index (χ1n) is 10.5. The smallest absolute Gasteiger partial charge is 0.254 e. The number of benzene rings is 3. The Hall–Kier alpha value is -3.47. The summed E-state index contributed by atoms with van der Waals surface area (Å²) in [6, 6.07) is 19.4. The number of carbonyl (C=O) groups excluding carboxylic acids is 2. The lowest BCUT2D eigenvalue weighted by molar-refractivity contribution is 0.0742. The molecule has 1 aliphatic heterocycles. The van der Waals surface area contributed by atoms with Gasteiger partial charge in [0.2, 0.25) is 0 Å². The summed E-state index contributed by atoms with van der Waals surface area (Å²) in [5, 5.41) is 0. The highest BCUT2D eigenvalue weighted by atomic mass is 19.1. The first kappa shape index (κ1) is 20.8. The predicted octanol–water partition coefficient (Wildman–Crippen LogP) is 4.64. The minimum Gasteiger partial charge on any atom is -0.366 e. The van der Waals surface area contributed by atoms with Crippen molar-refractivity contribution in [1.82, 2.24) is 4.90 Å². The van der Waals surface area contributed by atoms with E-state index < -0.39 is 0 Å². The van der Waals surface area contributed by atoms with Gasteiger partial charge in [0.05, 0.1) is 11.3 Å². The van der Waals surface area contributed by atoms with E-state index in [4.69, 9.17) is 0 Å². The molecule has 4 nitrogen and oxygen atoms in total. The molecule has 1 amide bonds. The van der Waals surface area contributed by atoms with Gasteiger partial charge in [0.1, 0.15) is 5.82 Å². The van der Waals surface area contributed by atoms with E-state index in [0.29, 0.717) is 48.6 Å². The van der Waals surface area contributed by atoms with Crippen LogP contribution in [0.15, 0.2) is 66.7 Å². The number of amides is 1. The van der Waals surface area contributed by atoms with Crippen molar-refractivity contribution in [2.45, 2.75) is 13.8 Å². The van der Waals surface area contributed by atoms with Crippen LogP contribution in [0.5, 0.6) is 0 Å². The molecular weight excluding hydrogens is 391 g/mol. The van der Waals surface area contributed by atoms with Gasteiger partial charge in [0.15, 0.2) is 5.78 Å². The van der Waals surface area contributed by atoms with Crippen LogP contribution >= 0.6 is 0 Å². The summed E-state index contributed by atoms with van der Waals surface area (Å²) in [7, 11) is 0. The molecule has 3 aromatic carbocycles. The van der Waals surface area contributed by atoms with Crippen molar-refractivity contribution in [3.63, 3.8) is 0 Å². The maximum absolute atomic E-state index is 14.1. The average molecular weight is 416 g/mol. The molecule has 0 saturated carbocycles. The number of halogens is 1. The highest BCUT2D eigenvalue weighted by Crippen LogP contribution is 2.23. The number of anilines is 1. The van der Waals surface area contributed by atoms with Gasteiger partial charge >= 0.3 is 0 Å². The predicted molar refractivity (Wildman–Crippen MR) is 120 cm³/mol.